The van der Waals surface area contributed by atoms with Crippen molar-refractivity contribution in [1.29, 1.82) is 0 Å². The molecule has 0 saturated heterocycles. The number of halogens is 1. The largest absolute Gasteiger partial charge is 0.310 e. The Balaban J connectivity index is 2.75. The van der Waals surface area contributed by atoms with Crippen LogP contribution in [-0.4, -0.2) is 6.54 Å². The second-order valence-corrected chi connectivity index (χ2v) is 6.62. The van der Waals surface area contributed by atoms with E-state index in [4.69, 9.17) is 0 Å². The lowest BCUT2D eigenvalue weighted by Gasteiger charge is -2.21. The second-order valence-electron chi connectivity index (χ2n) is 5.82. The molecule has 20 heavy (non-hydrogen) atoms. The highest BCUT2D eigenvalue weighted by atomic mass is 79.9. The quantitative estimate of drug-likeness (QED) is 0.537. The van der Waals surface area contributed by atoms with Gasteiger partial charge in [0, 0.05) is 10.5 Å². The summed E-state index contributed by atoms with van der Waals surface area (Å²) in [6, 6.07) is 5.19. The van der Waals surface area contributed by atoms with Crippen LogP contribution in [0.5, 0.6) is 0 Å². The van der Waals surface area contributed by atoms with E-state index in [1.165, 1.54) is 59.7 Å². The van der Waals surface area contributed by atoms with E-state index in [1.807, 2.05) is 0 Å². The van der Waals surface area contributed by atoms with Crippen molar-refractivity contribution in [2.45, 2.75) is 72.3 Å². The molecule has 0 heterocycles. The van der Waals surface area contributed by atoms with E-state index in [2.05, 4.69) is 61.1 Å². The highest BCUT2D eigenvalue weighted by Crippen LogP contribution is 2.28. The summed E-state index contributed by atoms with van der Waals surface area (Å²) in [4.78, 5) is 0. The van der Waals surface area contributed by atoms with Crippen LogP contribution in [0.2, 0.25) is 0 Å². The summed E-state index contributed by atoms with van der Waals surface area (Å²) in [6.45, 7) is 9.99. The Morgan fingerprint density at radius 3 is 2.20 bits per heavy atom. The summed E-state index contributed by atoms with van der Waals surface area (Å²) >= 11 is 3.67. The van der Waals surface area contributed by atoms with Gasteiger partial charge in [0.2, 0.25) is 0 Å². The molecule has 0 aliphatic rings. The van der Waals surface area contributed by atoms with Gasteiger partial charge >= 0.3 is 0 Å². The summed E-state index contributed by atoms with van der Waals surface area (Å²) in [5.41, 5.74) is 4.14. The maximum atomic E-state index is 3.72. The van der Waals surface area contributed by atoms with Crippen LogP contribution in [0.15, 0.2) is 16.6 Å². The molecule has 0 fully saturated rings. The van der Waals surface area contributed by atoms with Crippen molar-refractivity contribution in [3.8, 4) is 0 Å². The van der Waals surface area contributed by atoms with Gasteiger partial charge in [-0.25, -0.2) is 0 Å². The molecule has 0 spiro atoms. The predicted octanol–water partition coefficient (Wildman–Crippen LogP) is 6.08. The van der Waals surface area contributed by atoms with Gasteiger partial charge in [0.1, 0.15) is 0 Å². The average molecular weight is 340 g/mol. The van der Waals surface area contributed by atoms with Crippen molar-refractivity contribution in [1.82, 2.24) is 5.32 Å². The number of hydrogen-bond acceptors (Lipinski definition) is 1. The van der Waals surface area contributed by atoms with Crippen molar-refractivity contribution in [3.05, 3.63) is 33.3 Å². The van der Waals surface area contributed by atoms with E-state index in [0.717, 1.165) is 6.54 Å². The van der Waals surface area contributed by atoms with Gasteiger partial charge in [-0.05, 0) is 49.9 Å². The third kappa shape index (κ3) is 5.57. The number of benzene rings is 1. The van der Waals surface area contributed by atoms with Gasteiger partial charge in [-0.1, -0.05) is 67.6 Å². The molecule has 1 N–H and O–H groups in total. The number of rotatable bonds is 9. The standard InChI is InChI=1S/C18H30BrN/c1-5-7-8-9-10-17(20-11-6-2)16-12-14(3)18(19)15(4)13-16/h12-13,17,20H,5-11H2,1-4H3. The van der Waals surface area contributed by atoms with Gasteiger partial charge in [0.05, 0.1) is 0 Å². The molecule has 0 aliphatic heterocycles. The van der Waals surface area contributed by atoms with Crippen molar-refractivity contribution in [2.24, 2.45) is 0 Å². The van der Waals surface area contributed by atoms with Crippen molar-refractivity contribution >= 4 is 15.9 Å². The highest BCUT2D eigenvalue weighted by Gasteiger charge is 2.12. The maximum absolute atomic E-state index is 3.72. The van der Waals surface area contributed by atoms with Crippen LogP contribution in [0.4, 0.5) is 0 Å². The monoisotopic (exact) mass is 339 g/mol. The summed E-state index contributed by atoms with van der Waals surface area (Å²) < 4.78 is 1.25. The molecule has 0 aliphatic carbocycles. The second kappa shape index (κ2) is 9.57. The zero-order valence-electron chi connectivity index (χ0n) is 13.6. The van der Waals surface area contributed by atoms with Gasteiger partial charge in [0.25, 0.3) is 0 Å². The van der Waals surface area contributed by atoms with Crippen molar-refractivity contribution in [2.75, 3.05) is 6.54 Å². The van der Waals surface area contributed by atoms with E-state index in [0.29, 0.717) is 6.04 Å². The average Bonchev–Trinajstić information content (AvgIpc) is 2.43. The number of unbranched alkanes of at least 4 members (excludes halogenated alkanes) is 3. The lowest BCUT2D eigenvalue weighted by Crippen LogP contribution is -2.22. The molecule has 2 heteroatoms. The van der Waals surface area contributed by atoms with E-state index in [9.17, 15) is 0 Å². The van der Waals surface area contributed by atoms with Crippen molar-refractivity contribution in [3.63, 3.8) is 0 Å². The minimum atomic E-state index is 0.511. The van der Waals surface area contributed by atoms with Crippen LogP contribution in [0.1, 0.15) is 75.1 Å². The van der Waals surface area contributed by atoms with Crippen LogP contribution in [-0.2, 0) is 0 Å². The van der Waals surface area contributed by atoms with E-state index >= 15 is 0 Å². The fourth-order valence-electron chi connectivity index (χ4n) is 2.66. The van der Waals surface area contributed by atoms with Gasteiger partial charge in [-0.3, -0.25) is 0 Å². The van der Waals surface area contributed by atoms with Gasteiger partial charge in [-0.2, -0.15) is 0 Å². The molecule has 0 saturated carbocycles. The zero-order valence-corrected chi connectivity index (χ0v) is 15.1. The first-order valence-corrected chi connectivity index (χ1v) is 8.89. The highest BCUT2D eigenvalue weighted by molar-refractivity contribution is 9.10. The molecule has 114 valence electrons. The summed E-state index contributed by atoms with van der Waals surface area (Å²) in [5.74, 6) is 0. The molecule has 1 rings (SSSR count). The van der Waals surface area contributed by atoms with Crippen LogP contribution < -0.4 is 5.32 Å². The molecular formula is C18H30BrN. The normalized spacial score (nSPS) is 12.7. The van der Waals surface area contributed by atoms with Gasteiger partial charge in [0.15, 0.2) is 0 Å². The Kier molecular flexibility index (Phi) is 8.47. The Morgan fingerprint density at radius 2 is 1.65 bits per heavy atom. The number of aryl methyl sites for hydroxylation is 2. The van der Waals surface area contributed by atoms with Crippen LogP contribution >= 0.6 is 15.9 Å². The van der Waals surface area contributed by atoms with E-state index in [-0.39, 0.29) is 0 Å². The molecule has 0 aromatic heterocycles. The lowest BCUT2D eigenvalue weighted by atomic mass is 9.96. The number of hydrogen-bond donors (Lipinski definition) is 1. The molecule has 1 nitrogen and oxygen atoms in total. The first-order chi connectivity index (χ1) is 9.60. The molecular weight excluding hydrogens is 310 g/mol. The fourth-order valence-corrected chi connectivity index (χ4v) is 2.89. The minimum Gasteiger partial charge on any atom is -0.310 e. The molecule has 0 radical (unpaired) electrons. The summed E-state index contributed by atoms with van der Waals surface area (Å²) in [5, 5.41) is 3.72. The third-order valence-electron chi connectivity index (χ3n) is 3.85. The topological polar surface area (TPSA) is 12.0 Å². The fraction of sp³-hybridized carbons (Fsp3) is 0.667. The van der Waals surface area contributed by atoms with Gasteiger partial charge < -0.3 is 5.32 Å². The molecule has 1 atom stereocenters. The molecule has 1 unspecified atom stereocenters. The van der Waals surface area contributed by atoms with Crippen LogP contribution in [0, 0.1) is 13.8 Å². The van der Waals surface area contributed by atoms with E-state index < -0.39 is 0 Å². The van der Waals surface area contributed by atoms with Gasteiger partial charge in [-0.15, -0.1) is 0 Å². The first kappa shape index (κ1) is 17.7. The smallest absolute Gasteiger partial charge is 0.0320 e. The predicted molar refractivity (Wildman–Crippen MR) is 93.4 cm³/mol. The minimum absolute atomic E-state index is 0.511. The van der Waals surface area contributed by atoms with Crippen LogP contribution in [0.3, 0.4) is 0 Å². The molecule has 1 aromatic rings. The number of nitrogens with one attached hydrogen (secondary N) is 1. The molecule has 1 aromatic carbocycles. The van der Waals surface area contributed by atoms with Crippen LogP contribution in [0.25, 0.3) is 0 Å². The Labute approximate surface area is 133 Å². The Morgan fingerprint density at radius 1 is 1.00 bits per heavy atom. The van der Waals surface area contributed by atoms with Crippen molar-refractivity contribution < 1.29 is 0 Å². The Bertz CT molecular complexity index is 377. The lowest BCUT2D eigenvalue weighted by molar-refractivity contribution is 0.470. The maximum Gasteiger partial charge on any atom is 0.0320 e. The first-order valence-electron chi connectivity index (χ1n) is 8.10. The van der Waals surface area contributed by atoms with E-state index in [1.54, 1.807) is 0 Å². The SMILES string of the molecule is CCCCCCC(NCCC)c1cc(C)c(Br)c(C)c1. The molecule has 0 amide bonds. The summed E-state index contributed by atoms with van der Waals surface area (Å²) in [6.07, 6.45) is 7.79. The molecule has 0 bridgehead atoms. The zero-order chi connectivity index (χ0) is 15.0. The summed E-state index contributed by atoms with van der Waals surface area (Å²) in [7, 11) is 0. The Hall–Kier alpha value is -0.340. The third-order valence-corrected chi connectivity index (χ3v) is 5.10.